The Labute approximate surface area is 206 Å². The molecule has 1 aliphatic carbocycles. The molecule has 2 aromatic carbocycles. The molecule has 2 N–H and O–H groups in total. The minimum absolute atomic E-state index is 0.144. The summed E-state index contributed by atoms with van der Waals surface area (Å²) >= 11 is 0. The van der Waals surface area contributed by atoms with Crippen LogP contribution in [0.15, 0.2) is 71.3 Å². The number of benzene rings is 2. The van der Waals surface area contributed by atoms with E-state index in [0.717, 1.165) is 28.7 Å². The van der Waals surface area contributed by atoms with Crippen LogP contribution in [-0.4, -0.2) is 35.2 Å². The third-order valence-electron chi connectivity index (χ3n) is 7.57. The van der Waals surface area contributed by atoms with E-state index in [2.05, 4.69) is 13.0 Å². The van der Waals surface area contributed by atoms with E-state index in [-0.39, 0.29) is 29.6 Å². The number of amides is 2. The van der Waals surface area contributed by atoms with Crippen LogP contribution in [0.5, 0.6) is 5.75 Å². The Kier molecular flexibility index (Phi) is 6.38. The lowest BCUT2D eigenvalue weighted by Crippen LogP contribution is -2.46. The minimum Gasteiger partial charge on any atom is -0.508 e. The number of fused-ring (bicyclic) bond motifs is 3. The Hall–Kier alpha value is -3.16. The topological polar surface area (TPSA) is 87.1 Å². The van der Waals surface area contributed by atoms with E-state index < -0.39 is 19.0 Å². The molecule has 2 aliphatic heterocycles. The number of carbonyl (C=O) groups excluding carboxylic acids is 2. The van der Waals surface area contributed by atoms with Crippen LogP contribution in [0.4, 0.5) is 5.69 Å². The van der Waals surface area contributed by atoms with Crippen molar-refractivity contribution in [3.63, 3.8) is 0 Å². The van der Waals surface area contributed by atoms with Crippen LogP contribution in [0.3, 0.4) is 0 Å². The first kappa shape index (κ1) is 23.6. The van der Waals surface area contributed by atoms with Gasteiger partial charge in [-0.15, -0.1) is 0 Å². The number of rotatable bonds is 5. The third-order valence-corrected chi connectivity index (χ3v) is 7.57. The molecule has 5 rings (SSSR count). The SMILES string of the molecule is CC1=C2[C@@H](CC/C(C)=C/c3ccc(O)cc3)OB(O)C[C@@H]2[C@@H]2C(=O)N(c3ccccc3)C(=O)[C@@H]2C1. The first-order valence-corrected chi connectivity index (χ1v) is 12.3. The van der Waals surface area contributed by atoms with Crippen molar-refractivity contribution in [2.45, 2.75) is 45.5 Å². The summed E-state index contributed by atoms with van der Waals surface area (Å²) in [5.74, 6) is -1.13. The van der Waals surface area contributed by atoms with Crippen molar-refractivity contribution in [3.05, 3.63) is 76.9 Å². The van der Waals surface area contributed by atoms with Crippen molar-refractivity contribution in [2.24, 2.45) is 17.8 Å². The van der Waals surface area contributed by atoms with Crippen molar-refractivity contribution in [2.75, 3.05) is 4.90 Å². The molecule has 6 nitrogen and oxygen atoms in total. The van der Waals surface area contributed by atoms with Crippen molar-refractivity contribution < 1.29 is 24.4 Å². The average Bonchev–Trinajstić information content (AvgIpc) is 3.09. The lowest BCUT2D eigenvalue weighted by molar-refractivity contribution is -0.122. The van der Waals surface area contributed by atoms with E-state index in [1.807, 2.05) is 37.3 Å². The molecule has 0 radical (unpaired) electrons. The zero-order valence-electron chi connectivity index (χ0n) is 20.1. The Morgan fingerprint density at radius 2 is 1.80 bits per heavy atom. The normalized spacial score (nSPS) is 26.8. The summed E-state index contributed by atoms with van der Waals surface area (Å²) in [5.41, 5.74) is 4.96. The van der Waals surface area contributed by atoms with Gasteiger partial charge < -0.3 is 14.8 Å². The number of aromatic hydroxyl groups is 1. The van der Waals surface area contributed by atoms with E-state index in [1.165, 1.54) is 4.90 Å². The van der Waals surface area contributed by atoms with E-state index in [4.69, 9.17) is 4.65 Å². The van der Waals surface area contributed by atoms with Gasteiger partial charge in [0, 0.05) is 0 Å². The fourth-order valence-electron chi connectivity index (χ4n) is 6.04. The smallest absolute Gasteiger partial charge is 0.455 e. The van der Waals surface area contributed by atoms with Crippen molar-refractivity contribution in [1.82, 2.24) is 0 Å². The quantitative estimate of drug-likeness (QED) is 0.378. The maximum atomic E-state index is 13.6. The summed E-state index contributed by atoms with van der Waals surface area (Å²) < 4.78 is 5.99. The van der Waals surface area contributed by atoms with Gasteiger partial charge in [-0.1, -0.05) is 47.6 Å². The zero-order chi connectivity index (χ0) is 24.7. The van der Waals surface area contributed by atoms with Gasteiger partial charge in [-0.3, -0.25) is 14.5 Å². The van der Waals surface area contributed by atoms with Crippen LogP contribution in [0.25, 0.3) is 6.08 Å². The van der Waals surface area contributed by atoms with Gasteiger partial charge in [0.15, 0.2) is 0 Å². The maximum Gasteiger partial charge on any atom is 0.455 e. The number of para-hydroxylation sites is 1. The molecule has 0 bridgehead atoms. The lowest BCUT2D eigenvalue weighted by atomic mass is 9.59. The van der Waals surface area contributed by atoms with Crippen molar-refractivity contribution >= 4 is 30.7 Å². The molecule has 0 unspecified atom stereocenters. The lowest BCUT2D eigenvalue weighted by Gasteiger charge is -2.42. The number of hydrogen-bond donors (Lipinski definition) is 2. The van der Waals surface area contributed by atoms with Gasteiger partial charge in [-0.2, -0.15) is 0 Å². The van der Waals surface area contributed by atoms with E-state index in [0.29, 0.717) is 24.8 Å². The molecular formula is C28H30BNO5. The number of allylic oxidation sites excluding steroid dienone is 2. The minimum atomic E-state index is -0.963. The largest absolute Gasteiger partial charge is 0.508 e. The second-order valence-electron chi connectivity index (χ2n) is 9.96. The molecular weight excluding hydrogens is 441 g/mol. The predicted molar refractivity (Wildman–Crippen MR) is 135 cm³/mol. The molecule has 2 heterocycles. The second-order valence-corrected chi connectivity index (χ2v) is 9.96. The molecule has 0 spiro atoms. The number of imide groups is 1. The van der Waals surface area contributed by atoms with Gasteiger partial charge in [-0.25, -0.2) is 0 Å². The van der Waals surface area contributed by atoms with Crippen LogP contribution >= 0.6 is 0 Å². The highest BCUT2D eigenvalue weighted by Crippen LogP contribution is 2.51. The zero-order valence-corrected chi connectivity index (χ0v) is 20.1. The van der Waals surface area contributed by atoms with Gasteiger partial charge in [-0.05, 0) is 80.8 Å². The van der Waals surface area contributed by atoms with Crippen LogP contribution in [0, 0.1) is 17.8 Å². The molecule has 2 saturated heterocycles. The molecule has 7 heteroatoms. The van der Waals surface area contributed by atoms with E-state index >= 15 is 0 Å². The predicted octanol–water partition coefficient (Wildman–Crippen LogP) is 4.60. The molecule has 2 fully saturated rings. The van der Waals surface area contributed by atoms with Gasteiger partial charge in [0.2, 0.25) is 11.8 Å². The van der Waals surface area contributed by atoms with Gasteiger partial charge in [0.1, 0.15) is 5.75 Å². The summed E-state index contributed by atoms with van der Waals surface area (Å²) in [7, 11) is -0.963. The number of anilines is 1. The van der Waals surface area contributed by atoms with Crippen LogP contribution in [0.1, 0.15) is 38.7 Å². The molecule has 35 heavy (non-hydrogen) atoms. The Morgan fingerprint density at radius 1 is 1.09 bits per heavy atom. The second kappa shape index (κ2) is 9.48. The molecule has 0 aromatic heterocycles. The maximum absolute atomic E-state index is 13.6. The molecule has 180 valence electrons. The van der Waals surface area contributed by atoms with Gasteiger partial charge >= 0.3 is 7.12 Å². The number of hydrogen-bond acceptors (Lipinski definition) is 5. The van der Waals surface area contributed by atoms with Crippen molar-refractivity contribution in [3.8, 4) is 5.75 Å². The molecule has 2 aromatic rings. The van der Waals surface area contributed by atoms with Crippen LogP contribution in [-0.2, 0) is 14.2 Å². The fraction of sp³-hybridized carbons (Fsp3) is 0.357. The number of nitrogens with zero attached hydrogens (tertiary/aromatic N) is 1. The van der Waals surface area contributed by atoms with Crippen LogP contribution in [0.2, 0.25) is 6.32 Å². The molecule has 0 saturated carbocycles. The molecule has 4 atom stereocenters. The number of phenolic OH excluding ortho intramolecular Hbond substituents is 1. The number of phenols is 1. The Morgan fingerprint density at radius 3 is 2.51 bits per heavy atom. The molecule has 3 aliphatic rings. The highest BCUT2D eigenvalue weighted by Gasteiger charge is 2.57. The highest BCUT2D eigenvalue weighted by molar-refractivity contribution is 6.43. The summed E-state index contributed by atoms with van der Waals surface area (Å²) in [4.78, 5) is 28.2. The number of carbonyl (C=O) groups is 2. The highest BCUT2D eigenvalue weighted by atomic mass is 16.5. The van der Waals surface area contributed by atoms with Gasteiger partial charge in [0.05, 0.1) is 23.6 Å². The Bertz CT molecular complexity index is 1190. The summed E-state index contributed by atoms with van der Waals surface area (Å²) in [6, 6.07) is 16.2. The summed E-state index contributed by atoms with van der Waals surface area (Å²) in [6.07, 6.45) is 4.10. The average molecular weight is 471 g/mol. The molecule has 2 amide bonds. The monoisotopic (exact) mass is 471 g/mol. The van der Waals surface area contributed by atoms with Crippen LogP contribution < -0.4 is 4.90 Å². The Balaban J connectivity index is 1.37. The first-order valence-electron chi connectivity index (χ1n) is 12.3. The first-order chi connectivity index (χ1) is 16.8. The van der Waals surface area contributed by atoms with Crippen molar-refractivity contribution in [1.29, 1.82) is 0 Å². The van der Waals surface area contributed by atoms with Gasteiger partial charge in [0.25, 0.3) is 0 Å². The summed E-state index contributed by atoms with van der Waals surface area (Å²) in [5, 5.41) is 20.1. The summed E-state index contributed by atoms with van der Waals surface area (Å²) in [6.45, 7) is 4.09. The standard InChI is InChI=1S/C28H30BNO5/c1-17(14-19-9-11-21(31)12-10-19)8-13-24-25-18(2)15-22-26(23(25)16-29(34)35-24)28(33)30(27(22)32)20-6-4-3-5-7-20/h3-7,9-12,14,22-24,26,31,34H,8,13,15-16H2,1-2H3/b17-14+/t22-,23+,24-,26-/m1/s1. The fourth-order valence-corrected chi connectivity index (χ4v) is 6.04. The van der Waals surface area contributed by atoms with E-state index in [1.54, 1.807) is 24.3 Å². The third kappa shape index (κ3) is 4.46. The van der Waals surface area contributed by atoms with E-state index in [9.17, 15) is 19.7 Å².